The molecular formula is C9H15N3O2. The molecule has 0 saturated carbocycles. The molecule has 0 spiro atoms. The van der Waals surface area contributed by atoms with Crippen LogP contribution in [-0.4, -0.2) is 22.5 Å². The number of imidazole rings is 1. The van der Waals surface area contributed by atoms with Gasteiger partial charge in [0.2, 0.25) is 0 Å². The van der Waals surface area contributed by atoms with Gasteiger partial charge in [-0.15, -0.1) is 0 Å². The molecule has 0 radical (unpaired) electrons. The lowest BCUT2D eigenvalue weighted by molar-refractivity contribution is 0.0520. The second-order valence-electron chi connectivity index (χ2n) is 2.92. The molecule has 0 saturated heterocycles. The Hall–Kier alpha value is -1.36. The minimum atomic E-state index is -0.394. The van der Waals surface area contributed by atoms with E-state index < -0.39 is 5.97 Å². The molecule has 0 fully saturated rings. The summed E-state index contributed by atoms with van der Waals surface area (Å²) in [5, 5.41) is 0. The molecule has 5 nitrogen and oxygen atoms in total. The molecule has 5 heteroatoms. The second kappa shape index (κ2) is 4.76. The monoisotopic (exact) mass is 197 g/mol. The van der Waals surface area contributed by atoms with Gasteiger partial charge in [0.25, 0.3) is 0 Å². The normalized spacial score (nSPS) is 12.5. The average Bonchev–Trinajstić information content (AvgIpc) is 2.66. The summed E-state index contributed by atoms with van der Waals surface area (Å²) in [5.74, 6) is 0.227. The number of hydrogen-bond donors (Lipinski definition) is 2. The van der Waals surface area contributed by atoms with Gasteiger partial charge in [-0.1, -0.05) is 6.92 Å². The van der Waals surface area contributed by atoms with E-state index in [-0.39, 0.29) is 6.04 Å². The van der Waals surface area contributed by atoms with Crippen LogP contribution in [0.1, 0.15) is 42.6 Å². The molecule has 1 aromatic heterocycles. The van der Waals surface area contributed by atoms with Gasteiger partial charge in [-0.05, 0) is 13.3 Å². The smallest absolute Gasteiger partial charge is 0.356 e. The van der Waals surface area contributed by atoms with Crippen molar-refractivity contribution in [3.05, 3.63) is 17.7 Å². The van der Waals surface area contributed by atoms with Crippen molar-refractivity contribution in [3.63, 3.8) is 0 Å². The van der Waals surface area contributed by atoms with E-state index in [9.17, 15) is 4.79 Å². The molecule has 0 aromatic carbocycles. The largest absolute Gasteiger partial charge is 0.461 e. The maximum Gasteiger partial charge on any atom is 0.356 e. The van der Waals surface area contributed by atoms with Gasteiger partial charge >= 0.3 is 5.97 Å². The van der Waals surface area contributed by atoms with Gasteiger partial charge in [0.15, 0.2) is 0 Å². The van der Waals surface area contributed by atoms with Crippen LogP contribution in [0.25, 0.3) is 0 Å². The summed E-state index contributed by atoms with van der Waals surface area (Å²) in [5.41, 5.74) is 6.09. The van der Waals surface area contributed by atoms with Gasteiger partial charge in [-0.3, -0.25) is 0 Å². The molecule has 14 heavy (non-hydrogen) atoms. The number of carbonyl (C=O) groups excluding carboxylic acids is 1. The van der Waals surface area contributed by atoms with Crippen LogP contribution in [0.4, 0.5) is 0 Å². The zero-order valence-electron chi connectivity index (χ0n) is 8.41. The quantitative estimate of drug-likeness (QED) is 0.705. The van der Waals surface area contributed by atoms with Crippen LogP contribution >= 0.6 is 0 Å². The lowest BCUT2D eigenvalue weighted by atomic mass is 10.2. The highest BCUT2D eigenvalue weighted by Crippen LogP contribution is 2.09. The third-order valence-corrected chi connectivity index (χ3v) is 1.88. The van der Waals surface area contributed by atoms with Crippen LogP contribution in [0.5, 0.6) is 0 Å². The first kappa shape index (κ1) is 10.7. The Morgan fingerprint density at radius 3 is 3.00 bits per heavy atom. The fourth-order valence-corrected chi connectivity index (χ4v) is 1.03. The van der Waals surface area contributed by atoms with Gasteiger partial charge in [-0.2, -0.15) is 0 Å². The maximum absolute atomic E-state index is 11.2. The van der Waals surface area contributed by atoms with E-state index in [1.165, 1.54) is 6.20 Å². The Bertz CT molecular complexity index is 309. The minimum absolute atomic E-state index is 0.154. The van der Waals surface area contributed by atoms with Gasteiger partial charge in [0, 0.05) is 0 Å². The Balaban J connectivity index is 2.72. The number of nitrogens with two attached hydrogens (primary N) is 1. The van der Waals surface area contributed by atoms with Gasteiger partial charge in [0.1, 0.15) is 11.5 Å². The summed E-state index contributed by atoms with van der Waals surface area (Å²) in [6.45, 7) is 4.07. The van der Waals surface area contributed by atoms with E-state index in [2.05, 4.69) is 9.97 Å². The molecule has 78 valence electrons. The number of esters is 1. The summed E-state index contributed by atoms with van der Waals surface area (Å²) in [4.78, 5) is 18.1. The first-order valence-electron chi connectivity index (χ1n) is 4.66. The predicted molar refractivity (Wildman–Crippen MR) is 51.8 cm³/mol. The predicted octanol–water partition coefficient (Wildman–Crippen LogP) is 0.996. The van der Waals surface area contributed by atoms with E-state index in [4.69, 9.17) is 10.5 Å². The zero-order valence-corrected chi connectivity index (χ0v) is 8.41. The van der Waals surface area contributed by atoms with Gasteiger partial charge in [0.05, 0.1) is 18.8 Å². The summed E-state index contributed by atoms with van der Waals surface area (Å²) in [6.07, 6.45) is 2.22. The fraction of sp³-hybridized carbons (Fsp3) is 0.556. The van der Waals surface area contributed by atoms with E-state index in [0.717, 1.165) is 6.42 Å². The summed E-state index contributed by atoms with van der Waals surface area (Å²) >= 11 is 0. The number of nitrogens with one attached hydrogen (secondary N) is 1. The number of H-pyrrole nitrogens is 1. The van der Waals surface area contributed by atoms with Crippen molar-refractivity contribution in [2.75, 3.05) is 6.61 Å². The maximum atomic E-state index is 11.2. The molecule has 1 unspecified atom stereocenters. The van der Waals surface area contributed by atoms with Crippen molar-refractivity contribution < 1.29 is 9.53 Å². The molecule has 1 aromatic rings. The summed E-state index contributed by atoms with van der Waals surface area (Å²) in [6, 6.07) is -0.154. The standard InChI is InChI=1S/C9H15N3O2/c1-3-6(10)8-11-5-7(12-8)9(13)14-4-2/h5-6H,3-4,10H2,1-2H3,(H,11,12). The van der Waals surface area contributed by atoms with Crippen LogP contribution < -0.4 is 5.73 Å². The highest BCUT2D eigenvalue weighted by molar-refractivity contribution is 5.86. The Morgan fingerprint density at radius 1 is 1.71 bits per heavy atom. The Labute approximate surface area is 82.7 Å². The zero-order chi connectivity index (χ0) is 10.6. The van der Waals surface area contributed by atoms with E-state index >= 15 is 0 Å². The third kappa shape index (κ3) is 2.32. The average molecular weight is 197 g/mol. The highest BCUT2D eigenvalue weighted by Gasteiger charge is 2.13. The third-order valence-electron chi connectivity index (χ3n) is 1.88. The van der Waals surface area contributed by atoms with Crippen LogP contribution in [0, 0.1) is 0 Å². The van der Waals surface area contributed by atoms with Crippen molar-refractivity contribution in [2.24, 2.45) is 5.73 Å². The number of ether oxygens (including phenoxy) is 1. The van der Waals surface area contributed by atoms with E-state index in [0.29, 0.717) is 18.1 Å². The lowest BCUT2D eigenvalue weighted by Crippen LogP contribution is -2.11. The van der Waals surface area contributed by atoms with Crippen LogP contribution in [0.3, 0.4) is 0 Å². The summed E-state index contributed by atoms with van der Waals surface area (Å²) < 4.78 is 4.80. The van der Waals surface area contributed by atoms with E-state index in [1.54, 1.807) is 6.92 Å². The van der Waals surface area contributed by atoms with E-state index in [1.807, 2.05) is 6.92 Å². The molecule has 1 atom stereocenters. The van der Waals surface area contributed by atoms with Crippen molar-refractivity contribution in [1.29, 1.82) is 0 Å². The minimum Gasteiger partial charge on any atom is -0.461 e. The fourth-order valence-electron chi connectivity index (χ4n) is 1.03. The molecule has 3 N–H and O–H groups in total. The SMILES string of the molecule is CCOC(=O)c1cnc(C(N)CC)[nH]1. The van der Waals surface area contributed by atoms with Crippen LogP contribution in [-0.2, 0) is 4.74 Å². The van der Waals surface area contributed by atoms with Gasteiger partial charge < -0.3 is 15.5 Å². The van der Waals surface area contributed by atoms with Crippen molar-refractivity contribution in [3.8, 4) is 0 Å². The van der Waals surface area contributed by atoms with Crippen LogP contribution in [0.2, 0.25) is 0 Å². The topological polar surface area (TPSA) is 81.0 Å². The number of nitrogens with zero attached hydrogens (tertiary/aromatic N) is 1. The highest BCUT2D eigenvalue weighted by atomic mass is 16.5. The first-order valence-corrected chi connectivity index (χ1v) is 4.66. The molecular weight excluding hydrogens is 182 g/mol. The lowest BCUT2D eigenvalue weighted by Gasteiger charge is -2.03. The first-order chi connectivity index (χ1) is 6.69. The number of rotatable bonds is 4. The van der Waals surface area contributed by atoms with Crippen molar-refractivity contribution in [2.45, 2.75) is 26.3 Å². The van der Waals surface area contributed by atoms with Crippen molar-refractivity contribution in [1.82, 2.24) is 9.97 Å². The molecule has 1 heterocycles. The molecule has 0 aliphatic carbocycles. The molecule has 0 bridgehead atoms. The molecule has 1 rings (SSSR count). The van der Waals surface area contributed by atoms with Crippen LogP contribution in [0.15, 0.2) is 6.20 Å². The number of hydrogen-bond acceptors (Lipinski definition) is 4. The molecule has 0 amide bonds. The summed E-state index contributed by atoms with van der Waals surface area (Å²) in [7, 11) is 0. The number of aromatic amines is 1. The Kier molecular flexibility index (Phi) is 3.64. The van der Waals surface area contributed by atoms with Crippen molar-refractivity contribution >= 4 is 5.97 Å². The Morgan fingerprint density at radius 2 is 2.43 bits per heavy atom. The van der Waals surface area contributed by atoms with Gasteiger partial charge in [-0.25, -0.2) is 9.78 Å². The number of carbonyl (C=O) groups is 1. The number of aromatic nitrogens is 2. The molecule has 0 aliphatic heterocycles. The second-order valence-corrected chi connectivity index (χ2v) is 2.92. The molecule has 0 aliphatic rings.